The summed E-state index contributed by atoms with van der Waals surface area (Å²) in [6.45, 7) is 0. The standard InChI is InChI=1S/C44H29NS/c1-2-10-30(11-3-1)32-22-24-37(25-23-32)45(38-16-8-14-34(27-38)35-21-20-31-12-4-5-13-33(31)26-35)42-18-9-15-36-28-44-41(29-40(36)42)39-17-6-7-19-43(39)46-44/h1-29H. The third-order valence-corrected chi connectivity index (χ3v) is 10.1. The van der Waals surface area contributed by atoms with Crippen LogP contribution in [0.15, 0.2) is 176 Å². The first-order chi connectivity index (χ1) is 22.8. The molecule has 0 fully saturated rings. The second-order valence-corrected chi connectivity index (χ2v) is 12.9. The van der Waals surface area contributed by atoms with E-state index in [0.29, 0.717) is 0 Å². The number of hydrogen-bond donors (Lipinski definition) is 0. The van der Waals surface area contributed by atoms with E-state index in [9.17, 15) is 0 Å². The van der Waals surface area contributed by atoms with E-state index in [0.717, 1.165) is 17.1 Å². The van der Waals surface area contributed by atoms with Gasteiger partial charge in [-0.3, -0.25) is 0 Å². The number of fused-ring (bicyclic) bond motifs is 5. The molecule has 0 saturated heterocycles. The summed E-state index contributed by atoms with van der Waals surface area (Å²) in [5.74, 6) is 0. The Morgan fingerprint density at radius 1 is 0.326 bits per heavy atom. The van der Waals surface area contributed by atoms with Gasteiger partial charge in [-0.1, -0.05) is 121 Å². The maximum atomic E-state index is 2.42. The largest absolute Gasteiger partial charge is 0.310 e. The lowest BCUT2D eigenvalue weighted by atomic mass is 9.99. The minimum atomic E-state index is 1.12. The highest BCUT2D eigenvalue weighted by atomic mass is 32.1. The van der Waals surface area contributed by atoms with Gasteiger partial charge in [-0.15, -0.1) is 11.3 Å². The predicted octanol–water partition coefficient (Wildman–Crippen LogP) is 13.2. The highest BCUT2D eigenvalue weighted by molar-refractivity contribution is 7.25. The lowest BCUT2D eigenvalue weighted by Crippen LogP contribution is -2.10. The zero-order chi connectivity index (χ0) is 30.5. The first-order valence-corrected chi connectivity index (χ1v) is 16.5. The summed E-state index contributed by atoms with van der Waals surface area (Å²) in [6, 6.07) is 64.0. The molecule has 0 spiro atoms. The lowest BCUT2D eigenvalue weighted by Gasteiger charge is -2.27. The zero-order valence-corrected chi connectivity index (χ0v) is 25.9. The van der Waals surface area contributed by atoms with Gasteiger partial charge in [0.05, 0.1) is 5.69 Å². The van der Waals surface area contributed by atoms with Crippen LogP contribution < -0.4 is 4.90 Å². The number of rotatable bonds is 5. The van der Waals surface area contributed by atoms with Crippen LogP contribution in [0.5, 0.6) is 0 Å². The van der Waals surface area contributed by atoms with Crippen molar-refractivity contribution in [2.45, 2.75) is 0 Å². The summed E-state index contributed by atoms with van der Waals surface area (Å²) in [4.78, 5) is 2.42. The van der Waals surface area contributed by atoms with Gasteiger partial charge in [0.15, 0.2) is 0 Å². The summed E-state index contributed by atoms with van der Waals surface area (Å²) in [5, 5.41) is 7.61. The van der Waals surface area contributed by atoms with Crippen molar-refractivity contribution in [3.8, 4) is 22.3 Å². The smallest absolute Gasteiger partial charge is 0.0540 e. The second-order valence-electron chi connectivity index (χ2n) is 11.8. The molecule has 0 radical (unpaired) electrons. The van der Waals surface area contributed by atoms with Gasteiger partial charge < -0.3 is 4.90 Å². The monoisotopic (exact) mass is 603 g/mol. The van der Waals surface area contributed by atoms with Crippen molar-refractivity contribution < 1.29 is 0 Å². The van der Waals surface area contributed by atoms with Crippen molar-refractivity contribution in [1.82, 2.24) is 0 Å². The van der Waals surface area contributed by atoms with E-state index < -0.39 is 0 Å². The van der Waals surface area contributed by atoms with Crippen molar-refractivity contribution in [3.63, 3.8) is 0 Å². The van der Waals surface area contributed by atoms with E-state index in [1.165, 1.54) is 64.0 Å². The van der Waals surface area contributed by atoms with Crippen molar-refractivity contribution >= 4 is 70.1 Å². The van der Waals surface area contributed by atoms with E-state index in [-0.39, 0.29) is 0 Å². The number of hydrogen-bond acceptors (Lipinski definition) is 2. The van der Waals surface area contributed by atoms with Crippen LogP contribution in [-0.4, -0.2) is 0 Å². The predicted molar refractivity (Wildman–Crippen MR) is 200 cm³/mol. The summed E-state index contributed by atoms with van der Waals surface area (Å²) in [6.07, 6.45) is 0. The topological polar surface area (TPSA) is 3.24 Å². The van der Waals surface area contributed by atoms with Crippen LogP contribution in [0.2, 0.25) is 0 Å². The molecule has 8 aromatic carbocycles. The Bertz CT molecular complexity index is 2530. The van der Waals surface area contributed by atoms with Crippen LogP contribution >= 0.6 is 11.3 Å². The fourth-order valence-corrected chi connectivity index (χ4v) is 7.86. The van der Waals surface area contributed by atoms with Gasteiger partial charge in [0, 0.05) is 36.9 Å². The summed E-state index contributed by atoms with van der Waals surface area (Å²) in [5.41, 5.74) is 8.25. The van der Waals surface area contributed by atoms with Gasteiger partial charge in [0.25, 0.3) is 0 Å². The maximum absolute atomic E-state index is 2.42. The van der Waals surface area contributed by atoms with Crippen molar-refractivity contribution in [3.05, 3.63) is 176 Å². The van der Waals surface area contributed by atoms with Gasteiger partial charge in [-0.2, -0.15) is 0 Å². The molecule has 0 aliphatic carbocycles. The third kappa shape index (κ3) is 4.63. The van der Waals surface area contributed by atoms with Crippen LogP contribution in [0, 0.1) is 0 Å². The average Bonchev–Trinajstić information content (AvgIpc) is 3.49. The summed E-state index contributed by atoms with van der Waals surface area (Å²) in [7, 11) is 0. The fourth-order valence-electron chi connectivity index (χ4n) is 6.73. The molecule has 0 N–H and O–H groups in total. The molecule has 0 aliphatic heterocycles. The van der Waals surface area contributed by atoms with Gasteiger partial charge in [0.1, 0.15) is 0 Å². The minimum absolute atomic E-state index is 1.12. The van der Waals surface area contributed by atoms with E-state index in [2.05, 4.69) is 181 Å². The molecule has 2 heteroatoms. The van der Waals surface area contributed by atoms with Crippen molar-refractivity contribution in [1.29, 1.82) is 0 Å². The molecule has 0 amide bonds. The number of benzene rings is 8. The Hall–Kier alpha value is -5.70. The molecule has 9 aromatic rings. The highest BCUT2D eigenvalue weighted by Gasteiger charge is 2.18. The molecule has 216 valence electrons. The first kappa shape index (κ1) is 26.7. The Morgan fingerprint density at radius 2 is 1.00 bits per heavy atom. The zero-order valence-electron chi connectivity index (χ0n) is 25.1. The van der Waals surface area contributed by atoms with Crippen LogP contribution in [0.1, 0.15) is 0 Å². The molecule has 1 nitrogen and oxygen atoms in total. The van der Waals surface area contributed by atoms with Crippen LogP contribution in [-0.2, 0) is 0 Å². The number of nitrogens with zero attached hydrogens (tertiary/aromatic N) is 1. The van der Waals surface area contributed by atoms with E-state index >= 15 is 0 Å². The molecule has 0 bridgehead atoms. The molecular weight excluding hydrogens is 575 g/mol. The summed E-state index contributed by atoms with van der Waals surface area (Å²) >= 11 is 1.87. The van der Waals surface area contributed by atoms with Gasteiger partial charge >= 0.3 is 0 Å². The Labute approximate surface area is 272 Å². The highest BCUT2D eigenvalue weighted by Crippen LogP contribution is 2.44. The van der Waals surface area contributed by atoms with E-state index in [1.54, 1.807) is 0 Å². The fraction of sp³-hybridized carbons (Fsp3) is 0. The Morgan fingerprint density at radius 3 is 1.89 bits per heavy atom. The molecule has 0 atom stereocenters. The average molecular weight is 604 g/mol. The van der Waals surface area contributed by atoms with Gasteiger partial charge in [-0.05, 0) is 93.0 Å². The molecule has 1 heterocycles. The molecule has 1 aromatic heterocycles. The van der Waals surface area contributed by atoms with Crippen LogP contribution in [0.4, 0.5) is 17.1 Å². The lowest BCUT2D eigenvalue weighted by molar-refractivity contribution is 1.30. The molecule has 0 aliphatic rings. The number of anilines is 3. The second kappa shape index (κ2) is 11.0. The molecule has 0 unspecified atom stereocenters. The Kier molecular flexibility index (Phi) is 6.40. The Balaban J connectivity index is 1.25. The van der Waals surface area contributed by atoms with Crippen LogP contribution in [0.3, 0.4) is 0 Å². The van der Waals surface area contributed by atoms with Gasteiger partial charge in [0.2, 0.25) is 0 Å². The minimum Gasteiger partial charge on any atom is -0.310 e. The first-order valence-electron chi connectivity index (χ1n) is 15.7. The number of thiophene rings is 1. The maximum Gasteiger partial charge on any atom is 0.0540 e. The normalized spacial score (nSPS) is 11.5. The molecule has 46 heavy (non-hydrogen) atoms. The molecule has 0 saturated carbocycles. The van der Waals surface area contributed by atoms with E-state index in [1.807, 2.05) is 11.3 Å². The quantitative estimate of drug-likeness (QED) is 0.189. The summed E-state index contributed by atoms with van der Waals surface area (Å²) < 4.78 is 2.65. The molecular formula is C44H29NS. The third-order valence-electron chi connectivity index (χ3n) is 9.02. The molecule has 9 rings (SSSR count). The van der Waals surface area contributed by atoms with Gasteiger partial charge in [-0.25, -0.2) is 0 Å². The SMILES string of the molecule is c1ccc(-c2ccc(N(c3cccc(-c4ccc5ccccc5c4)c3)c3cccc4cc5sc6ccccc6c5cc34)cc2)cc1. The van der Waals surface area contributed by atoms with Crippen LogP contribution in [0.25, 0.3) is 64.0 Å². The van der Waals surface area contributed by atoms with Crippen molar-refractivity contribution in [2.24, 2.45) is 0 Å². The van der Waals surface area contributed by atoms with E-state index in [4.69, 9.17) is 0 Å². The van der Waals surface area contributed by atoms with Crippen molar-refractivity contribution in [2.75, 3.05) is 4.90 Å².